The Bertz CT molecular complexity index is 977. The maximum absolute atomic E-state index is 12.0. The van der Waals surface area contributed by atoms with Crippen molar-refractivity contribution >= 4 is 27.2 Å². The molecule has 8 heteroatoms. The largest absolute Gasteiger partial charge is 0.491 e. The summed E-state index contributed by atoms with van der Waals surface area (Å²) in [5.74, 6) is 0.709. The monoisotopic (exact) mass is 451 g/mol. The van der Waals surface area contributed by atoms with Crippen LogP contribution >= 0.6 is 11.6 Å². The van der Waals surface area contributed by atoms with E-state index in [1.54, 1.807) is 36.4 Å². The number of ether oxygens (including phenoxy) is 1. The van der Waals surface area contributed by atoms with Gasteiger partial charge in [0.2, 0.25) is 0 Å². The van der Waals surface area contributed by atoms with E-state index in [0.717, 1.165) is 5.56 Å². The van der Waals surface area contributed by atoms with Crippen molar-refractivity contribution in [3.05, 3.63) is 64.7 Å². The zero-order valence-electron chi connectivity index (χ0n) is 16.8. The quantitative estimate of drug-likeness (QED) is 0.590. The Morgan fingerprint density at radius 1 is 1.27 bits per heavy atom. The van der Waals surface area contributed by atoms with Crippen molar-refractivity contribution in [1.82, 2.24) is 4.90 Å². The zero-order chi connectivity index (χ0) is 21.7. The Balaban J connectivity index is 1.65. The lowest BCUT2D eigenvalue weighted by molar-refractivity contribution is 0.0524. The number of hydrogen-bond acceptors (Lipinski definition) is 6. The topological polar surface area (TPSA) is 83.9 Å². The van der Waals surface area contributed by atoms with E-state index in [0.29, 0.717) is 29.3 Å². The smallest absolute Gasteiger partial charge is 0.159 e. The van der Waals surface area contributed by atoms with Gasteiger partial charge in [-0.3, -0.25) is 9.69 Å². The molecule has 162 valence electrons. The van der Waals surface area contributed by atoms with Crippen LogP contribution in [-0.4, -0.2) is 61.0 Å². The predicted octanol–water partition coefficient (Wildman–Crippen LogP) is 2.97. The number of nitrogens with zero attached hydrogens (tertiary/aromatic N) is 1. The molecule has 2 atom stereocenters. The minimum Gasteiger partial charge on any atom is -0.491 e. The van der Waals surface area contributed by atoms with Gasteiger partial charge in [-0.15, -0.1) is 0 Å². The molecule has 1 fully saturated rings. The van der Waals surface area contributed by atoms with Crippen LogP contribution in [0.25, 0.3) is 0 Å². The van der Waals surface area contributed by atoms with E-state index in [4.69, 9.17) is 16.3 Å². The van der Waals surface area contributed by atoms with Crippen molar-refractivity contribution in [2.75, 3.05) is 24.7 Å². The van der Waals surface area contributed by atoms with Crippen molar-refractivity contribution in [2.24, 2.45) is 0 Å². The van der Waals surface area contributed by atoms with Crippen LogP contribution in [0.15, 0.2) is 48.5 Å². The van der Waals surface area contributed by atoms with Crippen LogP contribution in [0.2, 0.25) is 5.02 Å². The summed E-state index contributed by atoms with van der Waals surface area (Å²) in [6.07, 6.45) is -0.272. The summed E-state index contributed by atoms with van der Waals surface area (Å²) in [6, 6.07) is 14.0. The van der Waals surface area contributed by atoms with E-state index >= 15 is 0 Å². The Hall–Kier alpha value is -1.93. The summed E-state index contributed by atoms with van der Waals surface area (Å²) in [6.45, 7) is 2.31. The highest BCUT2D eigenvalue weighted by Crippen LogP contribution is 2.22. The summed E-state index contributed by atoms with van der Waals surface area (Å²) < 4.78 is 29.6. The molecule has 2 unspecified atom stereocenters. The Kier molecular flexibility index (Phi) is 7.52. The number of sulfone groups is 1. The third-order valence-electron chi connectivity index (χ3n) is 5.15. The van der Waals surface area contributed by atoms with E-state index < -0.39 is 15.9 Å². The minimum atomic E-state index is -3.05. The molecule has 0 radical (unpaired) electrons. The van der Waals surface area contributed by atoms with Crippen molar-refractivity contribution in [2.45, 2.75) is 32.0 Å². The summed E-state index contributed by atoms with van der Waals surface area (Å²) in [5.41, 5.74) is 1.54. The van der Waals surface area contributed by atoms with Crippen molar-refractivity contribution < 1.29 is 23.1 Å². The van der Waals surface area contributed by atoms with Crippen LogP contribution in [0.4, 0.5) is 0 Å². The molecule has 0 spiro atoms. The average Bonchev–Trinajstić information content (AvgIpc) is 3.07. The van der Waals surface area contributed by atoms with Gasteiger partial charge in [-0.2, -0.15) is 0 Å². The molecule has 2 aromatic carbocycles. The second kappa shape index (κ2) is 9.92. The molecule has 6 nitrogen and oxygen atoms in total. The lowest BCUT2D eigenvalue weighted by Crippen LogP contribution is -2.42. The first-order chi connectivity index (χ1) is 14.2. The molecular weight excluding hydrogens is 426 g/mol. The SMILES string of the molecule is CC(=O)c1cccc(OCC(O)CN(Cc2ccc(Cl)cc2)C2CCS(=O)(=O)C2)c1. The fourth-order valence-corrected chi connectivity index (χ4v) is 5.44. The Labute approximate surface area is 182 Å². The third-order valence-corrected chi connectivity index (χ3v) is 7.15. The first kappa shape index (κ1) is 22.7. The van der Waals surface area contributed by atoms with Gasteiger partial charge < -0.3 is 9.84 Å². The Morgan fingerprint density at radius 3 is 2.63 bits per heavy atom. The summed E-state index contributed by atoms with van der Waals surface area (Å²) >= 11 is 5.96. The number of carbonyl (C=O) groups excluding carboxylic acids is 1. The molecule has 1 saturated heterocycles. The van der Waals surface area contributed by atoms with E-state index in [1.807, 2.05) is 17.0 Å². The summed E-state index contributed by atoms with van der Waals surface area (Å²) in [7, 11) is -3.05. The van der Waals surface area contributed by atoms with Crippen molar-refractivity contribution in [1.29, 1.82) is 0 Å². The zero-order valence-corrected chi connectivity index (χ0v) is 18.4. The second-order valence-corrected chi connectivity index (χ2v) is 10.3. The molecule has 1 N–H and O–H groups in total. The van der Waals surface area contributed by atoms with E-state index in [1.165, 1.54) is 6.92 Å². The summed E-state index contributed by atoms with van der Waals surface area (Å²) in [5, 5.41) is 11.2. The summed E-state index contributed by atoms with van der Waals surface area (Å²) in [4.78, 5) is 13.5. The van der Waals surface area contributed by atoms with E-state index in [9.17, 15) is 18.3 Å². The van der Waals surface area contributed by atoms with Crippen molar-refractivity contribution in [3.63, 3.8) is 0 Å². The average molecular weight is 452 g/mol. The molecule has 0 aromatic heterocycles. The highest BCUT2D eigenvalue weighted by molar-refractivity contribution is 7.91. The van der Waals surface area contributed by atoms with Crippen LogP contribution in [0.5, 0.6) is 5.75 Å². The van der Waals surface area contributed by atoms with Crippen LogP contribution < -0.4 is 4.74 Å². The molecule has 0 amide bonds. The highest BCUT2D eigenvalue weighted by Gasteiger charge is 2.33. The molecule has 0 aliphatic carbocycles. The molecule has 0 saturated carbocycles. The predicted molar refractivity (Wildman–Crippen MR) is 117 cm³/mol. The lowest BCUT2D eigenvalue weighted by atomic mass is 10.1. The molecule has 1 heterocycles. The van der Waals surface area contributed by atoms with Gasteiger partial charge in [-0.05, 0) is 43.2 Å². The standard InChI is InChI=1S/C22H26ClNO5S/c1-16(25)18-3-2-4-22(11-18)29-14-21(26)13-24(20-9-10-30(27,28)15-20)12-17-5-7-19(23)8-6-17/h2-8,11,20-21,26H,9-10,12-15H2,1H3. The second-order valence-electron chi connectivity index (χ2n) is 7.66. The molecule has 30 heavy (non-hydrogen) atoms. The molecular formula is C22H26ClNO5S. The number of halogens is 1. The van der Waals surface area contributed by atoms with E-state index in [-0.39, 0.29) is 36.5 Å². The van der Waals surface area contributed by atoms with Gasteiger partial charge in [0.15, 0.2) is 15.6 Å². The van der Waals surface area contributed by atoms with Crippen LogP contribution in [0.3, 0.4) is 0 Å². The first-order valence-electron chi connectivity index (χ1n) is 9.82. The fourth-order valence-electron chi connectivity index (χ4n) is 3.55. The number of carbonyl (C=O) groups is 1. The van der Waals surface area contributed by atoms with Gasteiger partial charge in [0.25, 0.3) is 0 Å². The number of aliphatic hydroxyl groups excluding tert-OH is 1. The molecule has 1 aliphatic heterocycles. The normalized spacial score (nSPS) is 19.0. The fraction of sp³-hybridized carbons (Fsp3) is 0.409. The van der Waals surface area contributed by atoms with Gasteiger partial charge in [0.05, 0.1) is 11.5 Å². The van der Waals surface area contributed by atoms with Crippen LogP contribution in [0.1, 0.15) is 29.3 Å². The molecule has 0 bridgehead atoms. The van der Waals surface area contributed by atoms with Crippen molar-refractivity contribution in [3.8, 4) is 5.75 Å². The third kappa shape index (κ3) is 6.54. The Morgan fingerprint density at radius 2 is 2.00 bits per heavy atom. The van der Waals surface area contributed by atoms with Crippen LogP contribution in [-0.2, 0) is 16.4 Å². The minimum absolute atomic E-state index is 0.0396. The van der Waals surface area contributed by atoms with Gasteiger partial charge in [0, 0.05) is 29.7 Å². The van der Waals surface area contributed by atoms with E-state index in [2.05, 4.69) is 0 Å². The number of rotatable bonds is 9. The molecule has 1 aliphatic rings. The lowest BCUT2D eigenvalue weighted by Gasteiger charge is -2.30. The van der Waals surface area contributed by atoms with Gasteiger partial charge in [-0.25, -0.2) is 8.42 Å². The number of ketones is 1. The highest BCUT2D eigenvalue weighted by atomic mass is 35.5. The number of Topliss-reactive ketones (excluding diaryl/α,β-unsaturated/α-hetero) is 1. The maximum atomic E-state index is 12.0. The van der Waals surface area contributed by atoms with Crippen LogP contribution in [0, 0.1) is 0 Å². The van der Waals surface area contributed by atoms with Gasteiger partial charge in [-0.1, -0.05) is 35.9 Å². The molecule has 3 rings (SSSR count). The molecule has 2 aromatic rings. The van der Waals surface area contributed by atoms with Gasteiger partial charge >= 0.3 is 0 Å². The first-order valence-corrected chi connectivity index (χ1v) is 12.0. The number of hydrogen-bond donors (Lipinski definition) is 1. The maximum Gasteiger partial charge on any atom is 0.159 e. The number of aliphatic hydroxyl groups is 1. The number of benzene rings is 2. The van der Waals surface area contributed by atoms with Gasteiger partial charge in [0.1, 0.15) is 18.5 Å².